The van der Waals surface area contributed by atoms with Crippen LogP contribution in [0.4, 0.5) is 4.79 Å². The number of hydrogen-bond acceptors (Lipinski definition) is 4. The standard InChI is InChI=1S/C27H41N3O3/c1-28(2)27(23-9-4-3-5-10-23)13-11-25(12-14-27)20-29(21-26(32)15-17-33-18-16-26)24(31)30(25)19-22-7-6-8-22/h3-5,9-10,22,32H,6-8,11-21H2,1-2H3. The van der Waals surface area contributed by atoms with Crippen molar-refractivity contribution in [3.63, 3.8) is 0 Å². The normalized spacial score (nSPS) is 32.5. The number of carbonyl (C=O) groups excluding carboxylic acids is 1. The molecular weight excluding hydrogens is 414 g/mol. The maximum Gasteiger partial charge on any atom is 0.320 e. The fourth-order valence-electron chi connectivity index (χ4n) is 6.77. The van der Waals surface area contributed by atoms with Gasteiger partial charge < -0.3 is 19.6 Å². The van der Waals surface area contributed by atoms with Gasteiger partial charge in [0, 0.05) is 44.7 Å². The number of hydrogen-bond donors (Lipinski definition) is 1. The summed E-state index contributed by atoms with van der Waals surface area (Å²) in [5.41, 5.74) is 0.480. The van der Waals surface area contributed by atoms with Crippen LogP contribution in [0.1, 0.15) is 63.4 Å². The summed E-state index contributed by atoms with van der Waals surface area (Å²) in [7, 11) is 4.40. The maximum atomic E-state index is 13.7. The van der Waals surface area contributed by atoms with Crippen LogP contribution in [0.2, 0.25) is 0 Å². The smallest absolute Gasteiger partial charge is 0.320 e. The summed E-state index contributed by atoms with van der Waals surface area (Å²) >= 11 is 0. The molecule has 0 aromatic heterocycles. The monoisotopic (exact) mass is 455 g/mol. The number of β-amino-alcohol motifs (C(OH)–C–C–N with tert-alkyl or cyclic N) is 1. The van der Waals surface area contributed by atoms with Gasteiger partial charge in [-0.1, -0.05) is 36.8 Å². The first kappa shape index (κ1) is 23.1. The van der Waals surface area contributed by atoms with Gasteiger partial charge in [0.25, 0.3) is 0 Å². The van der Waals surface area contributed by atoms with Crippen molar-refractivity contribution in [3.8, 4) is 0 Å². The lowest BCUT2D eigenvalue weighted by molar-refractivity contribution is -0.0739. The molecule has 0 unspecified atom stereocenters. The topological polar surface area (TPSA) is 56.2 Å². The van der Waals surface area contributed by atoms with Crippen LogP contribution in [0.25, 0.3) is 0 Å². The molecule has 1 aromatic rings. The molecule has 0 bridgehead atoms. The molecule has 2 saturated heterocycles. The number of ether oxygens (including phenoxy) is 1. The molecule has 6 nitrogen and oxygen atoms in total. The molecule has 0 radical (unpaired) electrons. The first-order valence-corrected chi connectivity index (χ1v) is 13.0. The third-order valence-corrected chi connectivity index (χ3v) is 9.31. The van der Waals surface area contributed by atoms with E-state index in [1.165, 1.54) is 24.8 Å². The summed E-state index contributed by atoms with van der Waals surface area (Å²) in [4.78, 5) is 20.3. The second-order valence-corrected chi connectivity index (χ2v) is 11.4. The third-order valence-electron chi connectivity index (χ3n) is 9.31. The van der Waals surface area contributed by atoms with E-state index in [1.807, 2.05) is 4.90 Å². The number of nitrogens with zero attached hydrogens (tertiary/aromatic N) is 3. The minimum atomic E-state index is -0.812. The first-order chi connectivity index (χ1) is 15.9. The fourth-order valence-corrected chi connectivity index (χ4v) is 6.77. The van der Waals surface area contributed by atoms with E-state index < -0.39 is 5.60 Å². The Kier molecular flexibility index (Phi) is 6.21. The van der Waals surface area contributed by atoms with Gasteiger partial charge >= 0.3 is 6.03 Å². The van der Waals surface area contributed by atoms with Crippen LogP contribution >= 0.6 is 0 Å². The third kappa shape index (κ3) is 4.19. The van der Waals surface area contributed by atoms with Gasteiger partial charge in [-0.05, 0) is 64.1 Å². The summed E-state index contributed by atoms with van der Waals surface area (Å²) in [6.07, 6.45) is 9.12. The fraction of sp³-hybridized carbons (Fsp3) is 0.741. The zero-order valence-electron chi connectivity index (χ0n) is 20.5. The molecule has 4 aliphatic rings. The number of aliphatic hydroxyl groups is 1. The van der Waals surface area contributed by atoms with E-state index in [2.05, 4.69) is 54.2 Å². The Morgan fingerprint density at radius 2 is 1.70 bits per heavy atom. The number of benzene rings is 1. The Morgan fingerprint density at radius 3 is 2.27 bits per heavy atom. The van der Waals surface area contributed by atoms with Crippen LogP contribution in [0.15, 0.2) is 30.3 Å². The Bertz CT molecular complexity index is 824. The second-order valence-electron chi connectivity index (χ2n) is 11.4. The quantitative estimate of drug-likeness (QED) is 0.708. The van der Waals surface area contributed by atoms with E-state index in [1.54, 1.807) is 0 Å². The molecule has 33 heavy (non-hydrogen) atoms. The van der Waals surface area contributed by atoms with Gasteiger partial charge in [-0.2, -0.15) is 0 Å². The van der Waals surface area contributed by atoms with Crippen LogP contribution in [0.3, 0.4) is 0 Å². The average Bonchev–Trinajstić information content (AvgIpc) is 3.02. The largest absolute Gasteiger partial charge is 0.388 e. The molecule has 5 rings (SSSR count). The van der Waals surface area contributed by atoms with Crippen molar-refractivity contribution in [3.05, 3.63) is 35.9 Å². The molecule has 2 aliphatic carbocycles. The zero-order chi connectivity index (χ0) is 23.1. The SMILES string of the molecule is CN(C)C1(c2ccccc2)CCC2(CC1)CN(CC1(O)CCOCC1)C(=O)N2CC1CCC1. The van der Waals surface area contributed by atoms with Crippen molar-refractivity contribution in [2.75, 3.05) is 46.9 Å². The van der Waals surface area contributed by atoms with Crippen molar-refractivity contribution >= 4 is 6.03 Å². The number of urea groups is 1. The lowest BCUT2D eigenvalue weighted by Crippen LogP contribution is -2.56. The Morgan fingerprint density at radius 1 is 1.03 bits per heavy atom. The van der Waals surface area contributed by atoms with E-state index in [0.717, 1.165) is 38.8 Å². The van der Waals surface area contributed by atoms with Crippen LogP contribution < -0.4 is 0 Å². The Hall–Kier alpha value is -1.63. The zero-order valence-corrected chi connectivity index (χ0v) is 20.5. The lowest BCUT2D eigenvalue weighted by atomic mass is 9.68. The molecule has 2 heterocycles. The maximum absolute atomic E-state index is 13.7. The Labute approximate surface area is 198 Å². The van der Waals surface area contributed by atoms with Crippen LogP contribution in [-0.2, 0) is 10.3 Å². The van der Waals surface area contributed by atoms with E-state index >= 15 is 0 Å². The summed E-state index contributed by atoms with van der Waals surface area (Å²) in [5, 5.41) is 11.2. The highest BCUT2D eigenvalue weighted by Crippen LogP contribution is 2.50. The molecule has 4 fully saturated rings. The average molecular weight is 456 g/mol. The van der Waals surface area contributed by atoms with E-state index in [0.29, 0.717) is 38.5 Å². The summed E-state index contributed by atoms with van der Waals surface area (Å²) in [6.45, 7) is 3.24. The number of amides is 2. The summed E-state index contributed by atoms with van der Waals surface area (Å²) in [6, 6.07) is 11.0. The summed E-state index contributed by atoms with van der Waals surface area (Å²) < 4.78 is 5.47. The van der Waals surface area contributed by atoms with Crippen molar-refractivity contribution in [1.29, 1.82) is 0 Å². The predicted molar refractivity (Wildman–Crippen MR) is 129 cm³/mol. The molecule has 0 atom stereocenters. The van der Waals surface area contributed by atoms with Crippen molar-refractivity contribution in [2.45, 2.75) is 74.5 Å². The van der Waals surface area contributed by atoms with Crippen LogP contribution in [0.5, 0.6) is 0 Å². The van der Waals surface area contributed by atoms with Gasteiger partial charge in [-0.25, -0.2) is 4.79 Å². The number of rotatable bonds is 6. The molecule has 2 amide bonds. The van der Waals surface area contributed by atoms with E-state index in [4.69, 9.17) is 4.74 Å². The molecule has 2 aliphatic heterocycles. The highest BCUT2D eigenvalue weighted by atomic mass is 16.5. The predicted octanol–water partition coefficient (Wildman–Crippen LogP) is 3.84. The van der Waals surface area contributed by atoms with Gasteiger partial charge in [0.2, 0.25) is 0 Å². The first-order valence-electron chi connectivity index (χ1n) is 13.0. The highest BCUT2D eigenvalue weighted by Gasteiger charge is 2.55. The minimum Gasteiger partial charge on any atom is -0.388 e. The summed E-state index contributed by atoms with van der Waals surface area (Å²) in [5.74, 6) is 0.645. The molecule has 182 valence electrons. The van der Waals surface area contributed by atoms with Gasteiger partial charge in [0.1, 0.15) is 0 Å². The Balaban J connectivity index is 1.38. The van der Waals surface area contributed by atoms with Crippen molar-refractivity contribution < 1.29 is 14.6 Å². The van der Waals surface area contributed by atoms with Crippen molar-refractivity contribution in [2.24, 2.45) is 5.92 Å². The molecule has 1 N–H and O–H groups in total. The van der Waals surface area contributed by atoms with Crippen molar-refractivity contribution in [1.82, 2.24) is 14.7 Å². The lowest BCUT2D eigenvalue weighted by Gasteiger charge is -2.51. The van der Waals surface area contributed by atoms with Crippen LogP contribution in [-0.4, -0.2) is 83.9 Å². The minimum absolute atomic E-state index is 0.0179. The van der Waals surface area contributed by atoms with Gasteiger partial charge in [-0.3, -0.25) is 4.90 Å². The highest BCUT2D eigenvalue weighted by molar-refractivity contribution is 5.78. The number of carbonyl (C=O) groups is 1. The molecular formula is C27H41N3O3. The van der Waals surface area contributed by atoms with Crippen LogP contribution in [0, 0.1) is 5.92 Å². The second kappa shape index (κ2) is 8.86. The van der Waals surface area contributed by atoms with E-state index in [9.17, 15) is 9.90 Å². The van der Waals surface area contributed by atoms with E-state index in [-0.39, 0.29) is 17.1 Å². The van der Waals surface area contributed by atoms with Gasteiger partial charge in [0.15, 0.2) is 0 Å². The molecule has 6 heteroatoms. The molecule has 1 spiro atoms. The molecule has 2 saturated carbocycles. The van der Waals surface area contributed by atoms with Gasteiger partial charge in [0.05, 0.1) is 17.7 Å². The molecule has 1 aromatic carbocycles. The van der Waals surface area contributed by atoms with Gasteiger partial charge in [-0.15, -0.1) is 0 Å².